The van der Waals surface area contributed by atoms with Crippen molar-refractivity contribution in [2.24, 2.45) is 17.6 Å². The van der Waals surface area contributed by atoms with Crippen LogP contribution in [0.15, 0.2) is 54.6 Å². The summed E-state index contributed by atoms with van der Waals surface area (Å²) >= 11 is 0. The Bertz CT molecular complexity index is 822. The van der Waals surface area contributed by atoms with E-state index in [1.807, 2.05) is 35.2 Å². The number of para-hydroxylation sites is 1. The van der Waals surface area contributed by atoms with Gasteiger partial charge in [0.1, 0.15) is 0 Å². The van der Waals surface area contributed by atoms with Crippen LogP contribution in [0.25, 0.3) is 0 Å². The molecule has 0 spiro atoms. The number of nitrogens with zero attached hydrogens (tertiary/aromatic N) is 1. The van der Waals surface area contributed by atoms with Gasteiger partial charge in [0.25, 0.3) is 5.91 Å². The average molecular weight is 364 g/mol. The molecule has 2 fully saturated rings. The molecule has 1 heterocycles. The summed E-state index contributed by atoms with van der Waals surface area (Å²) < 4.78 is 0. The topological polar surface area (TPSA) is 87.5 Å². The summed E-state index contributed by atoms with van der Waals surface area (Å²) in [5.41, 5.74) is 8.16. The third-order valence-electron chi connectivity index (χ3n) is 5.62. The number of nitrogens with two attached hydrogens (primary N) is 1. The van der Waals surface area contributed by atoms with Crippen molar-refractivity contribution < 1.29 is 9.59 Å². The van der Waals surface area contributed by atoms with Crippen molar-refractivity contribution in [1.82, 2.24) is 4.90 Å². The first-order valence-corrected chi connectivity index (χ1v) is 9.38. The first kappa shape index (κ1) is 17.5. The van der Waals surface area contributed by atoms with E-state index in [2.05, 4.69) is 10.6 Å². The number of urea groups is 1. The van der Waals surface area contributed by atoms with E-state index in [0.717, 1.165) is 31.6 Å². The molecule has 1 aliphatic carbocycles. The molecule has 4 rings (SSSR count). The molecule has 2 aromatic rings. The number of rotatable bonds is 3. The highest BCUT2D eigenvalue weighted by Crippen LogP contribution is 2.37. The van der Waals surface area contributed by atoms with E-state index < -0.39 is 0 Å². The zero-order valence-electron chi connectivity index (χ0n) is 15.1. The normalized spacial score (nSPS) is 23.7. The molecule has 4 N–H and O–H groups in total. The molecule has 27 heavy (non-hydrogen) atoms. The number of fused-ring (bicyclic) bond motifs is 1. The molecule has 3 amide bonds. The van der Waals surface area contributed by atoms with Crippen molar-refractivity contribution in [3.63, 3.8) is 0 Å². The van der Waals surface area contributed by atoms with Gasteiger partial charge < -0.3 is 21.3 Å². The van der Waals surface area contributed by atoms with Crippen molar-refractivity contribution in [2.45, 2.75) is 18.9 Å². The van der Waals surface area contributed by atoms with Gasteiger partial charge in [0, 0.05) is 36.1 Å². The van der Waals surface area contributed by atoms with E-state index in [0.29, 0.717) is 23.1 Å². The van der Waals surface area contributed by atoms with Gasteiger partial charge in [0.2, 0.25) is 0 Å². The molecule has 1 saturated heterocycles. The van der Waals surface area contributed by atoms with Gasteiger partial charge in [-0.3, -0.25) is 4.79 Å². The maximum Gasteiger partial charge on any atom is 0.323 e. The van der Waals surface area contributed by atoms with Crippen LogP contribution in [0.1, 0.15) is 23.2 Å². The Hall–Kier alpha value is -2.86. The Labute approximate surface area is 158 Å². The first-order chi connectivity index (χ1) is 13.1. The lowest BCUT2D eigenvalue weighted by atomic mass is 9.98. The van der Waals surface area contributed by atoms with Gasteiger partial charge in [0.15, 0.2) is 0 Å². The smallest absolute Gasteiger partial charge is 0.323 e. The number of anilines is 2. The standard InChI is InChI=1S/C21H24N4O2/c22-19-11-8-15-12-25(13-18(15)19)20(26)14-6-9-17(10-7-14)24-21(27)23-16-4-2-1-3-5-16/h1-7,9-10,15,18-19H,8,11-13,22H2,(H2,23,24,27). The lowest BCUT2D eigenvalue weighted by molar-refractivity contribution is 0.0779. The largest absolute Gasteiger partial charge is 0.338 e. The first-order valence-electron chi connectivity index (χ1n) is 9.38. The lowest BCUT2D eigenvalue weighted by Crippen LogP contribution is -2.33. The zero-order valence-corrected chi connectivity index (χ0v) is 15.1. The van der Waals surface area contributed by atoms with E-state index in [1.165, 1.54) is 0 Å². The minimum atomic E-state index is -0.318. The summed E-state index contributed by atoms with van der Waals surface area (Å²) in [6.07, 6.45) is 2.19. The predicted octanol–water partition coefficient (Wildman–Crippen LogP) is 3.14. The number of benzene rings is 2. The van der Waals surface area contributed by atoms with Crippen LogP contribution < -0.4 is 16.4 Å². The number of hydrogen-bond acceptors (Lipinski definition) is 3. The van der Waals surface area contributed by atoms with Crippen LogP contribution in [0, 0.1) is 11.8 Å². The van der Waals surface area contributed by atoms with Crippen LogP contribution in [0.4, 0.5) is 16.2 Å². The SMILES string of the molecule is NC1CCC2CN(C(=O)c3ccc(NC(=O)Nc4ccccc4)cc3)CC12. The van der Waals surface area contributed by atoms with Crippen molar-refractivity contribution in [1.29, 1.82) is 0 Å². The van der Waals surface area contributed by atoms with Crippen LogP contribution in [0.5, 0.6) is 0 Å². The van der Waals surface area contributed by atoms with Gasteiger partial charge in [-0.25, -0.2) is 4.79 Å². The summed E-state index contributed by atoms with van der Waals surface area (Å²) in [6.45, 7) is 1.56. The molecule has 1 saturated carbocycles. The van der Waals surface area contributed by atoms with Gasteiger partial charge in [-0.05, 0) is 61.1 Å². The highest BCUT2D eigenvalue weighted by Gasteiger charge is 2.42. The molecule has 0 radical (unpaired) electrons. The van der Waals surface area contributed by atoms with Crippen LogP contribution in [-0.4, -0.2) is 36.0 Å². The van der Waals surface area contributed by atoms with Crippen molar-refractivity contribution in [3.05, 3.63) is 60.2 Å². The molecule has 0 bridgehead atoms. The Morgan fingerprint density at radius 3 is 2.22 bits per heavy atom. The fourth-order valence-electron chi connectivity index (χ4n) is 4.17. The average Bonchev–Trinajstić information content (AvgIpc) is 3.25. The monoisotopic (exact) mass is 364 g/mol. The van der Waals surface area contributed by atoms with E-state index >= 15 is 0 Å². The molecular weight excluding hydrogens is 340 g/mol. The Kier molecular flexibility index (Phi) is 4.81. The lowest BCUT2D eigenvalue weighted by Gasteiger charge is -2.19. The third-order valence-corrected chi connectivity index (χ3v) is 5.62. The molecule has 3 atom stereocenters. The van der Waals surface area contributed by atoms with Crippen LogP contribution in [0.2, 0.25) is 0 Å². The fourth-order valence-corrected chi connectivity index (χ4v) is 4.17. The summed E-state index contributed by atoms with van der Waals surface area (Å²) in [7, 11) is 0. The summed E-state index contributed by atoms with van der Waals surface area (Å²) in [4.78, 5) is 26.7. The van der Waals surface area contributed by atoms with Gasteiger partial charge in [-0.15, -0.1) is 0 Å². The minimum absolute atomic E-state index is 0.0388. The highest BCUT2D eigenvalue weighted by molar-refractivity contribution is 6.00. The number of carbonyl (C=O) groups excluding carboxylic acids is 2. The summed E-state index contributed by atoms with van der Waals surface area (Å²) in [5, 5.41) is 5.53. The van der Waals surface area contributed by atoms with Gasteiger partial charge in [0.05, 0.1) is 0 Å². The zero-order chi connectivity index (χ0) is 18.8. The highest BCUT2D eigenvalue weighted by atomic mass is 16.2. The molecule has 2 aliphatic rings. The number of hydrogen-bond donors (Lipinski definition) is 3. The van der Waals surface area contributed by atoms with Crippen LogP contribution in [0.3, 0.4) is 0 Å². The van der Waals surface area contributed by atoms with Gasteiger partial charge in [-0.2, -0.15) is 0 Å². The third kappa shape index (κ3) is 3.80. The second kappa shape index (κ2) is 7.40. The maximum atomic E-state index is 12.7. The van der Waals surface area contributed by atoms with Gasteiger partial charge in [-0.1, -0.05) is 18.2 Å². The molecule has 1 aliphatic heterocycles. The molecule has 6 heteroatoms. The molecule has 2 aromatic carbocycles. The molecule has 6 nitrogen and oxygen atoms in total. The second-order valence-electron chi connectivity index (χ2n) is 7.40. The quantitative estimate of drug-likeness (QED) is 0.782. The molecular formula is C21H24N4O2. The molecule has 0 aromatic heterocycles. The Morgan fingerprint density at radius 2 is 1.56 bits per heavy atom. The fraction of sp³-hybridized carbons (Fsp3) is 0.333. The van der Waals surface area contributed by atoms with E-state index in [9.17, 15) is 9.59 Å². The van der Waals surface area contributed by atoms with E-state index in [4.69, 9.17) is 5.73 Å². The van der Waals surface area contributed by atoms with Crippen molar-refractivity contribution in [3.8, 4) is 0 Å². The summed E-state index contributed by atoms with van der Waals surface area (Å²) in [6, 6.07) is 16.2. The minimum Gasteiger partial charge on any atom is -0.338 e. The number of nitrogens with one attached hydrogen (secondary N) is 2. The van der Waals surface area contributed by atoms with Crippen LogP contribution >= 0.6 is 0 Å². The number of likely N-dealkylation sites (tertiary alicyclic amines) is 1. The van der Waals surface area contributed by atoms with Crippen LogP contribution in [-0.2, 0) is 0 Å². The van der Waals surface area contributed by atoms with Gasteiger partial charge >= 0.3 is 6.03 Å². The maximum absolute atomic E-state index is 12.7. The van der Waals surface area contributed by atoms with E-state index in [1.54, 1.807) is 24.3 Å². The van der Waals surface area contributed by atoms with Crippen molar-refractivity contribution >= 4 is 23.3 Å². The van der Waals surface area contributed by atoms with Crippen molar-refractivity contribution in [2.75, 3.05) is 23.7 Å². The predicted molar refractivity (Wildman–Crippen MR) is 106 cm³/mol. The number of carbonyl (C=O) groups is 2. The van der Waals surface area contributed by atoms with E-state index in [-0.39, 0.29) is 18.0 Å². The Balaban J connectivity index is 1.35. The second-order valence-corrected chi connectivity index (χ2v) is 7.40. The number of amides is 3. The Morgan fingerprint density at radius 1 is 0.889 bits per heavy atom. The summed E-state index contributed by atoms with van der Waals surface area (Å²) in [5.74, 6) is 1.03. The molecule has 140 valence electrons. The molecule has 3 unspecified atom stereocenters.